The highest BCUT2D eigenvalue weighted by Gasteiger charge is 2.07. The molecule has 0 atom stereocenters. The van der Waals surface area contributed by atoms with Crippen LogP contribution in [-0.4, -0.2) is 9.72 Å². The molecule has 1 N–H and O–H groups in total. The van der Waals surface area contributed by atoms with Crippen LogP contribution in [0.15, 0.2) is 22.9 Å². The number of aryl methyl sites for hydroxylation is 1. The molecule has 0 fully saturated rings. The molecule has 92 valence electrons. The Morgan fingerprint density at radius 1 is 1.35 bits per heavy atom. The third-order valence-corrected chi connectivity index (χ3v) is 3.10. The molecule has 0 aliphatic heterocycles. The molecule has 0 aliphatic rings. The van der Waals surface area contributed by atoms with Crippen molar-refractivity contribution in [3.63, 3.8) is 0 Å². The van der Waals surface area contributed by atoms with E-state index in [1.807, 2.05) is 6.07 Å². The van der Waals surface area contributed by atoms with Gasteiger partial charge in [0.05, 0.1) is 12.7 Å². The van der Waals surface area contributed by atoms with Gasteiger partial charge in [-0.05, 0) is 32.4 Å². The standard InChI is InChI=1S/C13H19N3O/c1-4-16-10(2)7-12(11(16)3)8-14-9-13-5-6-15-17-13/h5-7,14H,4,8-9H2,1-3H3. The molecule has 2 heterocycles. The van der Waals surface area contributed by atoms with Crippen molar-refractivity contribution in [2.75, 3.05) is 0 Å². The second-order valence-electron chi connectivity index (χ2n) is 4.22. The summed E-state index contributed by atoms with van der Waals surface area (Å²) in [7, 11) is 0. The van der Waals surface area contributed by atoms with Crippen molar-refractivity contribution in [1.82, 2.24) is 15.0 Å². The summed E-state index contributed by atoms with van der Waals surface area (Å²) in [5.41, 5.74) is 4.01. The van der Waals surface area contributed by atoms with Crippen molar-refractivity contribution in [1.29, 1.82) is 0 Å². The van der Waals surface area contributed by atoms with E-state index in [4.69, 9.17) is 4.52 Å². The van der Waals surface area contributed by atoms with Crippen molar-refractivity contribution in [2.24, 2.45) is 0 Å². The predicted octanol–water partition coefficient (Wildman–Crippen LogP) is 2.40. The van der Waals surface area contributed by atoms with E-state index >= 15 is 0 Å². The monoisotopic (exact) mass is 233 g/mol. The molecule has 0 amide bonds. The Hall–Kier alpha value is -1.55. The summed E-state index contributed by atoms with van der Waals surface area (Å²) in [6.07, 6.45) is 1.67. The molecule has 0 saturated heterocycles. The van der Waals surface area contributed by atoms with Gasteiger partial charge < -0.3 is 14.4 Å². The van der Waals surface area contributed by atoms with E-state index in [1.165, 1.54) is 17.0 Å². The normalized spacial score (nSPS) is 11.0. The summed E-state index contributed by atoms with van der Waals surface area (Å²) in [5, 5.41) is 7.04. The van der Waals surface area contributed by atoms with Crippen molar-refractivity contribution >= 4 is 0 Å². The predicted molar refractivity (Wildman–Crippen MR) is 66.6 cm³/mol. The highest BCUT2D eigenvalue weighted by molar-refractivity contribution is 5.26. The van der Waals surface area contributed by atoms with Crippen LogP contribution in [0, 0.1) is 13.8 Å². The molecule has 17 heavy (non-hydrogen) atoms. The van der Waals surface area contributed by atoms with Gasteiger partial charge in [-0.15, -0.1) is 0 Å². The number of aromatic nitrogens is 2. The molecule has 0 saturated carbocycles. The highest BCUT2D eigenvalue weighted by atomic mass is 16.5. The molecular formula is C13H19N3O. The van der Waals surface area contributed by atoms with Gasteiger partial charge in [0.25, 0.3) is 0 Å². The molecular weight excluding hydrogens is 214 g/mol. The molecule has 0 unspecified atom stereocenters. The fourth-order valence-electron chi connectivity index (χ4n) is 2.19. The van der Waals surface area contributed by atoms with E-state index in [0.29, 0.717) is 0 Å². The maximum Gasteiger partial charge on any atom is 0.150 e. The first-order chi connectivity index (χ1) is 8.22. The molecule has 0 bridgehead atoms. The number of nitrogens with one attached hydrogen (secondary N) is 1. The molecule has 0 radical (unpaired) electrons. The van der Waals surface area contributed by atoms with E-state index in [0.717, 1.165) is 25.4 Å². The van der Waals surface area contributed by atoms with Crippen LogP contribution in [-0.2, 0) is 19.6 Å². The summed E-state index contributed by atoms with van der Waals surface area (Å²) < 4.78 is 7.36. The van der Waals surface area contributed by atoms with Crippen LogP contribution in [0.1, 0.15) is 29.6 Å². The SMILES string of the molecule is CCn1c(C)cc(CNCc2ccno2)c1C. The number of hydrogen-bond acceptors (Lipinski definition) is 3. The molecule has 4 heteroatoms. The molecule has 0 aliphatic carbocycles. The number of rotatable bonds is 5. The maximum atomic E-state index is 5.03. The van der Waals surface area contributed by atoms with Crippen LogP contribution in [0.25, 0.3) is 0 Å². The molecule has 0 aromatic carbocycles. The zero-order chi connectivity index (χ0) is 12.3. The Morgan fingerprint density at radius 2 is 2.18 bits per heavy atom. The number of nitrogens with zero attached hydrogens (tertiary/aromatic N) is 2. The van der Waals surface area contributed by atoms with Gasteiger partial charge >= 0.3 is 0 Å². The van der Waals surface area contributed by atoms with Crippen molar-refractivity contribution in [3.05, 3.63) is 41.0 Å². The van der Waals surface area contributed by atoms with Gasteiger partial charge in [0, 0.05) is 30.5 Å². The number of hydrogen-bond donors (Lipinski definition) is 1. The minimum absolute atomic E-state index is 0.718. The largest absolute Gasteiger partial charge is 0.360 e. The van der Waals surface area contributed by atoms with Crippen molar-refractivity contribution in [2.45, 2.75) is 40.4 Å². The van der Waals surface area contributed by atoms with E-state index in [2.05, 4.69) is 41.9 Å². The lowest BCUT2D eigenvalue weighted by molar-refractivity contribution is 0.372. The summed E-state index contributed by atoms with van der Waals surface area (Å²) in [6.45, 7) is 9.10. The lowest BCUT2D eigenvalue weighted by Crippen LogP contribution is -2.12. The first-order valence-electron chi connectivity index (χ1n) is 5.98. The van der Waals surface area contributed by atoms with Crippen molar-refractivity contribution < 1.29 is 4.52 Å². The first kappa shape index (κ1) is 11.9. The fourth-order valence-corrected chi connectivity index (χ4v) is 2.19. The van der Waals surface area contributed by atoms with E-state index < -0.39 is 0 Å². The highest BCUT2D eigenvalue weighted by Crippen LogP contribution is 2.14. The Kier molecular flexibility index (Phi) is 3.64. The average Bonchev–Trinajstić information content (AvgIpc) is 2.89. The Labute approximate surface area is 102 Å². The lowest BCUT2D eigenvalue weighted by atomic mass is 10.2. The van der Waals surface area contributed by atoms with Crippen LogP contribution in [0.5, 0.6) is 0 Å². The minimum Gasteiger partial charge on any atom is -0.360 e. The third kappa shape index (κ3) is 2.58. The second kappa shape index (κ2) is 5.19. The van der Waals surface area contributed by atoms with E-state index in [1.54, 1.807) is 6.20 Å². The van der Waals surface area contributed by atoms with Gasteiger partial charge in [-0.25, -0.2) is 0 Å². The van der Waals surface area contributed by atoms with E-state index in [-0.39, 0.29) is 0 Å². The quantitative estimate of drug-likeness (QED) is 0.862. The summed E-state index contributed by atoms with van der Waals surface area (Å²) in [5.74, 6) is 0.870. The first-order valence-corrected chi connectivity index (χ1v) is 5.98. The lowest BCUT2D eigenvalue weighted by Gasteiger charge is -2.06. The Morgan fingerprint density at radius 3 is 2.76 bits per heavy atom. The van der Waals surface area contributed by atoms with Gasteiger partial charge in [-0.1, -0.05) is 5.16 Å². The van der Waals surface area contributed by atoms with Crippen molar-refractivity contribution in [3.8, 4) is 0 Å². The van der Waals surface area contributed by atoms with Gasteiger partial charge in [0.1, 0.15) is 5.76 Å². The molecule has 2 rings (SSSR count). The zero-order valence-corrected chi connectivity index (χ0v) is 10.7. The van der Waals surface area contributed by atoms with Crippen LogP contribution in [0.3, 0.4) is 0 Å². The second-order valence-corrected chi connectivity index (χ2v) is 4.22. The van der Waals surface area contributed by atoms with Gasteiger partial charge in [0.15, 0.2) is 0 Å². The zero-order valence-electron chi connectivity index (χ0n) is 10.7. The minimum atomic E-state index is 0.718. The summed E-state index contributed by atoms with van der Waals surface area (Å²) >= 11 is 0. The van der Waals surface area contributed by atoms with Crippen LogP contribution >= 0.6 is 0 Å². The van der Waals surface area contributed by atoms with Gasteiger partial charge in [-0.3, -0.25) is 0 Å². The Bertz CT molecular complexity index is 471. The molecule has 2 aromatic rings. The van der Waals surface area contributed by atoms with Crippen LogP contribution < -0.4 is 5.32 Å². The summed E-state index contributed by atoms with van der Waals surface area (Å²) in [6, 6.07) is 4.12. The van der Waals surface area contributed by atoms with Gasteiger partial charge in [0.2, 0.25) is 0 Å². The molecule has 4 nitrogen and oxygen atoms in total. The maximum absolute atomic E-state index is 5.03. The summed E-state index contributed by atoms with van der Waals surface area (Å²) in [4.78, 5) is 0. The Balaban J connectivity index is 1.95. The van der Waals surface area contributed by atoms with Crippen LogP contribution in [0.2, 0.25) is 0 Å². The van der Waals surface area contributed by atoms with Crippen LogP contribution in [0.4, 0.5) is 0 Å². The average molecular weight is 233 g/mol. The fraction of sp³-hybridized carbons (Fsp3) is 0.462. The molecule has 2 aromatic heterocycles. The molecule has 0 spiro atoms. The third-order valence-electron chi connectivity index (χ3n) is 3.10. The smallest absolute Gasteiger partial charge is 0.150 e. The van der Waals surface area contributed by atoms with Gasteiger partial charge in [-0.2, -0.15) is 0 Å². The topological polar surface area (TPSA) is 43.0 Å². The van der Waals surface area contributed by atoms with E-state index in [9.17, 15) is 0 Å².